The summed E-state index contributed by atoms with van der Waals surface area (Å²) in [5.41, 5.74) is 3.54. The molecule has 0 saturated heterocycles. The Morgan fingerprint density at radius 3 is 2.44 bits per heavy atom. The van der Waals surface area contributed by atoms with Gasteiger partial charge in [0.15, 0.2) is 5.82 Å². The highest BCUT2D eigenvalue weighted by Gasteiger charge is 2.32. The van der Waals surface area contributed by atoms with Crippen LogP contribution in [-0.4, -0.2) is 30.1 Å². The minimum atomic E-state index is -0.262. The zero-order valence-corrected chi connectivity index (χ0v) is 20.9. The fourth-order valence-corrected chi connectivity index (χ4v) is 4.57. The second kappa shape index (κ2) is 9.50. The zero-order valence-electron chi connectivity index (χ0n) is 20.9. The number of hydrogen-bond acceptors (Lipinski definition) is 5. The highest BCUT2D eigenvalue weighted by atomic mass is 16.1. The molecule has 0 aliphatic carbocycles. The van der Waals surface area contributed by atoms with Gasteiger partial charge in [-0.15, -0.1) is 5.10 Å². The average Bonchev–Trinajstić information content (AvgIpc) is 3.25. The van der Waals surface area contributed by atoms with Crippen LogP contribution in [0, 0.1) is 12.8 Å². The maximum atomic E-state index is 13.2. The lowest BCUT2D eigenvalue weighted by Crippen LogP contribution is -2.37. The van der Waals surface area contributed by atoms with E-state index in [0.717, 1.165) is 27.9 Å². The van der Waals surface area contributed by atoms with Crippen molar-refractivity contribution < 1.29 is 0 Å². The van der Waals surface area contributed by atoms with E-state index in [1.807, 2.05) is 54.1 Å². The normalized spacial score (nSPS) is 13.2. The number of nitrogens with one attached hydrogen (secondary N) is 1. The first-order valence-electron chi connectivity index (χ1n) is 11.8. The summed E-state index contributed by atoms with van der Waals surface area (Å²) in [5, 5.41) is 13.8. The summed E-state index contributed by atoms with van der Waals surface area (Å²) in [7, 11) is 0. The van der Waals surface area contributed by atoms with Crippen molar-refractivity contribution in [3.05, 3.63) is 87.5 Å². The van der Waals surface area contributed by atoms with Crippen LogP contribution in [0.15, 0.2) is 59.4 Å². The molecule has 7 nitrogen and oxygen atoms in total. The van der Waals surface area contributed by atoms with E-state index in [4.69, 9.17) is 0 Å². The summed E-state index contributed by atoms with van der Waals surface area (Å²) >= 11 is 0. The molecule has 2 heterocycles. The number of hydrogen-bond donors (Lipinski definition) is 1. The highest BCUT2D eigenvalue weighted by molar-refractivity contribution is 5.81. The first kappa shape index (κ1) is 23.8. The summed E-state index contributed by atoms with van der Waals surface area (Å²) in [4.78, 5) is 18.6. The Hall–Kier alpha value is -3.32. The van der Waals surface area contributed by atoms with Crippen molar-refractivity contribution in [3.8, 4) is 0 Å². The lowest BCUT2D eigenvalue weighted by molar-refractivity contribution is 0.120. The smallest absolute Gasteiger partial charge is 0.252 e. The number of benzene rings is 2. The molecule has 0 unspecified atom stereocenters. The van der Waals surface area contributed by atoms with Crippen molar-refractivity contribution in [2.45, 2.75) is 66.2 Å². The first-order valence-corrected chi connectivity index (χ1v) is 11.8. The Balaban J connectivity index is 1.81. The SMILES string of the molecule is Cc1cccc2cc(CN(Cc3ccccc3)[C@H](c3nnnn3C(C)(C)C)C(C)C)c(=O)[nH]c12. The Morgan fingerprint density at radius 2 is 1.76 bits per heavy atom. The van der Waals surface area contributed by atoms with E-state index in [1.165, 1.54) is 5.56 Å². The molecule has 2 aromatic carbocycles. The number of tetrazole rings is 1. The van der Waals surface area contributed by atoms with Crippen molar-refractivity contribution in [1.29, 1.82) is 0 Å². The molecule has 0 aliphatic heterocycles. The molecule has 0 aliphatic rings. The predicted molar refractivity (Wildman–Crippen MR) is 135 cm³/mol. The number of nitrogens with zero attached hydrogens (tertiary/aromatic N) is 5. The van der Waals surface area contributed by atoms with E-state index in [-0.39, 0.29) is 23.1 Å². The molecular formula is C27H34N6O. The third-order valence-electron chi connectivity index (χ3n) is 6.19. The molecule has 0 amide bonds. The zero-order chi connectivity index (χ0) is 24.5. The summed E-state index contributed by atoms with van der Waals surface area (Å²) in [6.07, 6.45) is 0. The molecule has 34 heavy (non-hydrogen) atoms. The molecular weight excluding hydrogens is 424 g/mol. The van der Waals surface area contributed by atoms with E-state index in [2.05, 4.69) is 72.2 Å². The van der Waals surface area contributed by atoms with Crippen LogP contribution in [0.5, 0.6) is 0 Å². The number of pyridine rings is 1. The Labute approximate surface area is 200 Å². The molecule has 0 bridgehead atoms. The Morgan fingerprint density at radius 1 is 1.03 bits per heavy atom. The summed E-state index contributed by atoms with van der Waals surface area (Å²) in [5.74, 6) is 1.03. The quantitative estimate of drug-likeness (QED) is 0.423. The van der Waals surface area contributed by atoms with E-state index in [0.29, 0.717) is 13.1 Å². The van der Waals surface area contributed by atoms with Crippen molar-refractivity contribution >= 4 is 10.9 Å². The highest BCUT2D eigenvalue weighted by Crippen LogP contribution is 2.32. The van der Waals surface area contributed by atoms with E-state index >= 15 is 0 Å². The lowest BCUT2D eigenvalue weighted by Gasteiger charge is -2.35. The van der Waals surface area contributed by atoms with Crippen molar-refractivity contribution in [2.24, 2.45) is 5.92 Å². The number of para-hydroxylation sites is 1. The van der Waals surface area contributed by atoms with E-state index in [1.54, 1.807) is 0 Å². The molecule has 2 aromatic heterocycles. The molecule has 4 rings (SSSR count). The topological polar surface area (TPSA) is 79.7 Å². The van der Waals surface area contributed by atoms with Gasteiger partial charge in [0, 0.05) is 18.7 Å². The third kappa shape index (κ3) is 4.94. The molecule has 178 valence electrons. The fourth-order valence-electron chi connectivity index (χ4n) is 4.57. The van der Waals surface area contributed by atoms with Gasteiger partial charge in [0.05, 0.1) is 17.1 Å². The maximum absolute atomic E-state index is 13.2. The number of fused-ring (bicyclic) bond motifs is 1. The second-order valence-electron chi connectivity index (χ2n) is 10.4. The van der Waals surface area contributed by atoms with Crippen LogP contribution < -0.4 is 5.56 Å². The van der Waals surface area contributed by atoms with Crippen LogP contribution in [0.1, 0.15) is 63.2 Å². The fraction of sp³-hybridized carbons (Fsp3) is 0.407. The van der Waals surface area contributed by atoms with Gasteiger partial charge in [0.25, 0.3) is 5.56 Å². The van der Waals surface area contributed by atoms with Crippen molar-refractivity contribution in [1.82, 2.24) is 30.1 Å². The van der Waals surface area contributed by atoms with Gasteiger partial charge in [-0.2, -0.15) is 0 Å². The number of aromatic nitrogens is 5. The van der Waals surface area contributed by atoms with Crippen LogP contribution in [0.2, 0.25) is 0 Å². The van der Waals surface area contributed by atoms with Crippen LogP contribution >= 0.6 is 0 Å². The van der Waals surface area contributed by atoms with Gasteiger partial charge in [-0.1, -0.05) is 62.4 Å². The molecule has 7 heteroatoms. The van der Waals surface area contributed by atoms with Gasteiger partial charge in [0.2, 0.25) is 0 Å². The average molecular weight is 459 g/mol. The number of aryl methyl sites for hydroxylation is 1. The lowest BCUT2D eigenvalue weighted by atomic mass is 9.98. The van der Waals surface area contributed by atoms with Crippen molar-refractivity contribution in [2.75, 3.05) is 0 Å². The minimum absolute atomic E-state index is 0.0576. The molecule has 1 atom stereocenters. The summed E-state index contributed by atoms with van der Waals surface area (Å²) in [6, 6.07) is 18.4. The van der Waals surface area contributed by atoms with Crippen LogP contribution in [-0.2, 0) is 18.6 Å². The van der Waals surface area contributed by atoms with Crippen LogP contribution in [0.4, 0.5) is 0 Å². The molecule has 0 radical (unpaired) electrons. The molecule has 0 saturated carbocycles. The first-order chi connectivity index (χ1) is 16.1. The number of H-pyrrole nitrogens is 1. The van der Waals surface area contributed by atoms with Crippen LogP contribution in [0.25, 0.3) is 10.9 Å². The van der Waals surface area contributed by atoms with Gasteiger partial charge in [-0.05, 0) is 66.6 Å². The monoisotopic (exact) mass is 458 g/mol. The Bertz CT molecular complexity index is 1320. The van der Waals surface area contributed by atoms with Gasteiger partial charge in [0.1, 0.15) is 0 Å². The van der Waals surface area contributed by atoms with Crippen molar-refractivity contribution in [3.63, 3.8) is 0 Å². The number of aromatic amines is 1. The number of rotatable bonds is 7. The second-order valence-corrected chi connectivity index (χ2v) is 10.4. The van der Waals surface area contributed by atoms with Gasteiger partial charge in [-0.3, -0.25) is 9.69 Å². The van der Waals surface area contributed by atoms with E-state index < -0.39 is 0 Å². The van der Waals surface area contributed by atoms with Gasteiger partial charge < -0.3 is 4.98 Å². The molecule has 0 spiro atoms. The predicted octanol–water partition coefficient (Wildman–Crippen LogP) is 4.98. The Kier molecular flexibility index (Phi) is 6.66. The minimum Gasteiger partial charge on any atom is -0.321 e. The maximum Gasteiger partial charge on any atom is 0.252 e. The van der Waals surface area contributed by atoms with Crippen LogP contribution in [0.3, 0.4) is 0 Å². The molecule has 1 N–H and O–H groups in total. The standard InChI is InChI=1S/C27H34N6O/c1-18(2)24(25-29-30-31-33(25)27(4,5)6)32(16-20-12-8-7-9-13-20)17-22-15-21-14-10-11-19(3)23(21)28-26(22)34/h7-15,18,24H,16-17H2,1-6H3,(H,28,34)/t24-/m0/s1. The summed E-state index contributed by atoms with van der Waals surface area (Å²) < 4.78 is 1.91. The molecule has 0 fully saturated rings. The van der Waals surface area contributed by atoms with E-state index in [9.17, 15) is 4.79 Å². The third-order valence-corrected chi connectivity index (χ3v) is 6.19. The summed E-state index contributed by atoms with van der Waals surface area (Å²) in [6.45, 7) is 13.8. The van der Waals surface area contributed by atoms with Gasteiger partial charge in [-0.25, -0.2) is 4.68 Å². The largest absolute Gasteiger partial charge is 0.321 e. The van der Waals surface area contributed by atoms with Gasteiger partial charge >= 0.3 is 0 Å². The molecule has 4 aromatic rings.